The van der Waals surface area contributed by atoms with Gasteiger partial charge in [0.25, 0.3) is 0 Å². The lowest BCUT2D eigenvalue weighted by molar-refractivity contribution is 0.00924. The summed E-state index contributed by atoms with van der Waals surface area (Å²) >= 11 is 6.09. The summed E-state index contributed by atoms with van der Waals surface area (Å²) in [5.41, 5.74) is 1.08. The lowest BCUT2D eigenvalue weighted by atomic mass is 10.1. The monoisotopic (exact) mass is 297 g/mol. The standard InChI is InChI=1S/C16H24ClNO2/c1-3-8-18-12(2)15-9-14(17)6-7-16(15)20-11-19-10-13-4-5-13/h6-7,9,12-13,18H,3-5,8,10-11H2,1-2H3. The van der Waals surface area contributed by atoms with Crippen molar-refractivity contribution in [2.75, 3.05) is 19.9 Å². The zero-order valence-corrected chi connectivity index (χ0v) is 13.1. The molecule has 4 heteroatoms. The van der Waals surface area contributed by atoms with E-state index in [9.17, 15) is 0 Å². The number of hydrogen-bond acceptors (Lipinski definition) is 3. The molecule has 2 rings (SSSR count). The van der Waals surface area contributed by atoms with Crippen molar-refractivity contribution in [3.8, 4) is 5.75 Å². The Morgan fingerprint density at radius 1 is 1.40 bits per heavy atom. The molecule has 0 amide bonds. The molecule has 0 radical (unpaired) electrons. The van der Waals surface area contributed by atoms with Gasteiger partial charge < -0.3 is 14.8 Å². The van der Waals surface area contributed by atoms with Gasteiger partial charge >= 0.3 is 0 Å². The summed E-state index contributed by atoms with van der Waals surface area (Å²) in [4.78, 5) is 0. The zero-order chi connectivity index (χ0) is 14.4. The first kappa shape index (κ1) is 15.6. The van der Waals surface area contributed by atoms with E-state index in [2.05, 4.69) is 19.2 Å². The zero-order valence-electron chi connectivity index (χ0n) is 12.3. The van der Waals surface area contributed by atoms with Crippen LogP contribution in [0.2, 0.25) is 5.02 Å². The largest absolute Gasteiger partial charge is 0.467 e. The highest BCUT2D eigenvalue weighted by molar-refractivity contribution is 6.30. The predicted octanol–water partition coefficient (Wildman–Crippen LogP) is 4.16. The van der Waals surface area contributed by atoms with Gasteiger partial charge in [-0.2, -0.15) is 0 Å². The number of halogens is 1. The van der Waals surface area contributed by atoms with E-state index in [1.807, 2.05) is 18.2 Å². The summed E-state index contributed by atoms with van der Waals surface area (Å²) in [6.07, 6.45) is 3.69. The maximum absolute atomic E-state index is 6.09. The first-order valence-corrected chi connectivity index (χ1v) is 7.82. The Morgan fingerprint density at radius 2 is 2.20 bits per heavy atom. The van der Waals surface area contributed by atoms with Crippen LogP contribution in [0.1, 0.15) is 44.7 Å². The SMILES string of the molecule is CCCNC(C)c1cc(Cl)ccc1OCOCC1CC1. The van der Waals surface area contributed by atoms with E-state index in [-0.39, 0.29) is 6.04 Å². The summed E-state index contributed by atoms with van der Waals surface area (Å²) in [7, 11) is 0. The minimum absolute atomic E-state index is 0.215. The van der Waals surface area contributed by atoms with E-state index in [1.165, 1.54) is 12.8 Å². The van der Waals surface area contributed by atoms with Gasteiger partial charge in [-0.05, 0) is 56.8 Å². The second kappa shape index (κ2) is 7.87. The molecule has 112 valence electrons. The van der Waals surface area contributed by atoms with Gasteiger partial charge in [0.1, 0.15) is 5.75 Å². The molecule has 1 unspecified atom stereocenters. The molecule has 1 aromatic carbocycles. The van der Waals surface area contributed by atoms with Crippen molar-refractivity contribution in [1.82, 2.24) is 5.32 Å². The average Bonchev–Trinajstić information content (AvgIpc) is 3.26. The minimum Gasteiger partial charge on any atom is -0.467 e. The fourth-order valence-corrected chi connectivity index (χ4v) is 2.24. The molecule has 0 spiro atoms. The molecule has 1 saturated carbocycles. The van der Waals surface area contributed by atoms with Crippen molar-refractivity contribution < 1.29 is 9.47 Å². The maximum atomic E-state index is 6.09. The highest BCUT2D eigenvalue weighted by atomic mass is 35.5. The summed E-state index contributed by atoms with van der Waals surface area (Å²) in [5.74, 6) is 1.61. The van der Waals surface area contributed by atoms with Crippen LogP contribution in [-0.4, -0.2) is 19.9 Å². The molecule has 1 N–H and O–H groups in total. The Balaban J connectivity index is 1.90. The molecule has 0 bridgehead atoms. The van der Waals surface area contributed by atoms with E-state index < -0.39 is 0 Å². The van der Waals surface area contributed by atoms with Gasteiger partial charge in [0.05, 0.1) is 6.61 Å². The average molecular weight is 298 g/mol. The molecule has 0 aliphatic heterocycles. The smallest absolute Gasteiger partial charge is 0.189 e. The van der Waals surface area contributed by atoms with Crippen molar-refractivity contribution in [1.29, 1.82) is 0 Å². The Kier molecular flexibility index (Phi) is 6.14. The van der Waals surface area contributed by atoms with Gasteiger partial charge in [-0.3, -0.25) is 0 Å². The third-order valence-electron chi connectivity index (χ3n) is 3.49. The van der Waals surface area contributed by atoms with Gasteiger partial charge in [-0.1, -0.05) is 18.5 Å². The van der Waals surface area contributed by atoms with Gasteiger partial charge in [0.2, 0.25) is 0 Å². The molecule has 1 fully saturated rings. The fourth-order valence-electron chi connectivity index (χ4n) is 2.06. The van der Waals surface area contributed by atoms with Crippen LogP contribution in [0.3, 0.4) is 0 Å². The Morgan fingerprint density at radius 3 is 2.90 bits per heavy atom. The Labute approximate surface area is 126 Å². The number of rotatable bonds is 9. The summed E-state index contributed by atoms with van der Waals surface area (Å²) < 4.78 is 11.3. The Hall–Kier alpha value is -0.770. The number of hydrogen-bond donors (Lipinski definition) is 1. The molecule has 0 heterocycles. The summed E-state index contributed by atoms with van der Waals surface area (Å²) in [6.45, 7) is 6.38. The van der Waals surface area contributed by atoms with Crippen LogP contribution in [0.15, 0.2) is 18.2 Å². The first-order chi connectivity index (χ1) is 9.70. The quantitative estimate of drug-likeness (QED) is 0.548. The lowest BCUT2D eigenvalue weighted by Gasteiger charge is -2.18. The molecule has 0 aromatic heterocycles. The predicted molar refractivity (Wildman–Crippen MR) is 82.3 cm³/mol. The second-order valence-corrected chi connectivity index (χ2v) is 5.87. The number of benzene rings is 1. The van der Waals surface area contributed by atoms with Crippen molar-refractivity contribution in [2.45, 2.75) is 39.2 Å². The van der Waals surface area contributed by atoms with Crippen LogP contribution in [0.25, 0.3) is 0 Å². The lowest BCUT2D eigenvalue weighted by Crippen LogP contribution is -2.20. The van der Waals surface area contributed by atoms with E-state index in [0.717, 1.165) is 41.8 Å². The van der Waals surface area contributed by atoms with Crippen LogP contribution in [0.5, 0.6) is 5.75 Å². The van der Waals surface area contributed by atoms with Crippen molar-refractivity contribution >= 4 is 11.6 Å². The molecular weight excluding hydrogens is 274 g/mol. The molecule has 3 nitrogen and oxygen atoms in total. The van der Waals surface area contributed by atoms with Gasteiger partial charge in [0, 0.05) is 16.6 Å². The van der Waals surface area contributed by atoms with Crippen LogP contribution < -0.4 is 10.1 Å². The van der Waals surface area contributed by atoms with Crippen LogP contribution in [-0.2, 0) is 4.74 Å². The normalized spacial score (nSPS) is 16.1. The number of ether oxygens (including phenoxy) is 2. The molecule has 20 heavy (non-hydrogen) atoms. The maximum Gasteiger partial charge on any atom is 0.189 e. The molecule has 1 aliphatic carbocycles. The molecule has 0 saturated heterocycles. The molecule has 1 aromatic rings. The van der Waals surface area contributed by atoms with E-state index in [1.54, 1.807) is 0 Å². The van der Waals surface area contributed by atoms with Crippen molar-refractivity contribution in [2.24, 2.45) is 5.92 Å². The fraction of sp³-hybridized carbons (Fsp3) is 0.625. The van der Waals surface area contributed by atoms with E-state index in [4.69, 9.17) is 21.1 Å². The molecule has 1 atom stereocenters. The number of nitrogens with one attached hydrogen (secondary N) is 1. The van der Waals surface area contributed by atoms with Crippen LogP contribution in [0, 0.1) is 5.92 Å². The highest BCUT2D eigenvalue weighted by Crippen LogP contribution is 2.30. The van der Waals surface area contributed by atoms with Gasteiger partial charge in [0.15, 0.2) is 6.79 Å². The second-order valence-electron chi connectivity index (χ2n) is 5.43. The topological polar surface area (TPSA) is 30.5 Å². The summed E-state index contributed by atoms with van der Waals surface area (Å²) in [5, 5.41) is 4.19. The third kappa shape index (κ3) is 4.97. The third-order valence-corrected chi connectivity index (χ3v) is 3.72. The van der Waals surface area contributed by atoms with Gasteiger partial charge in [-0.15, -0.1) is 0 Å². The van der Waals surface area contributed by atoms with Crippen LogP contribution in [0.4, 0.5) is 0 Å². The van der Waals surface area contributed by atoms with Crippen molar-refractivity contribution in [3.63, 3.8) is 0 Å². The summed E-state index contributed by atoms with van der Waals surface area (Å²) in [6, 6.07) is 5.95. The van der Waals surface area contributed by atoms with Crippen molar-refractivity contribution in [3.05, 3.63) is 28.8 Å². The Bertz CT molecular complexity index is 421. The van der Waals surface area contributed by atoms with E-state index >= 15 is 0 Å². The first-order valence-electron chi connectivity index (χ1n) is 7.44. The van der Waals surface area contributed by atoms with E-state index in [0.29, 0.717) is 6.79 Å². The molecular formula is C16H24ClNO2. The minimum atomic E-state index is 0.215. The highest BCUT2D eigenvalue weighted by Gasteiger charge is 2.21. The van der Waals surface area contributed by atoms with Crippen LogP contribution >= 0.6 is 11.6 Å². The molecule has 1 aliphatic rings. The van der Waals surface area contributed by atoms with Gasteiger partial charge in [-0.25, -0.2) is 0 Å².